The molecule has 0 spiro atoms. The summed E-state index contributed by atoms with van der Waals surface area (Å²) in [5.41, 5.74) is 1.31. The second-order valence-electron chi connectivity index (χ2n) is 5.40. The van der Waals surface area contributed by atoms with Crippen LogP contribution in [0.15, 0.2) is 12.4 Å². The standard InChI is InChI=1S/C13H20N4/c1-9-8-17(10(2)5-14-9)13-15-6-12(7-16-13)11-3-4-11/h6-7,9-11,14H,3-5,8H2,1-2H3/t9-,10+/m1/s1. The molecule has 1 aromatic rings. The van der Waals surface area contributed by atoms with Gasteiger partial charge < -0.3 is 10.2 Å². The summed E-state index contributed by atoms with van der Waals surface area (Å²) < 4.78 is 0. The molecule has 1 aromatic heterocycles. The Bertz CT molecular complexity index is 385. The molecule has 2 aliphatic rings. The average Bonchev–Trinajstić information content (AvgIpc) is 3.17. The maximum Gasteiger partial charge on any atom is 0.225 e. The third kappa shape index (κ3) is 2.27. The van der Waals surface area contributed by atoms with Crippen LogP contribution >= 0.6 is 0 Å². The van der Waals surface area contributed by atoms with Gasteiger partial charge in [-0.3, -0.25) is 0 Å². The van der Waals surface area contributed by atoms with Crippen LogP contribution in [0.5, 0.6) is 0 Å². The molecule has 0 bridgehead atoms. The minimum Gasteiger partial charge on any atom is -0.335 e. The molecule has 2 fully saturated rings. The summed E-state index contributed by atoms with van der Waals surface area (Å²) in [6, 6.07) is 0.982. The number of rotatable bonds is 2. The van der Waals surface area contributed by atoms with Gasteiger partial charge in [-0.25, -0.2) is 9.97 Å². The van der Waals surface area contributed by atoms with Gasteiger partial charge in [0.2, 0.25) is 5.95 Å². The van der Waals surface area contributed by atoms with Gasteiger partial charge in [-0.05, 0) is 38.2 Å². The Morgan fingerprint density at radius 3 is 2.59 bits per heavy atom. The zero-order valence-electron chi connectivity index (χ0n) is 10.6. The first-order chi connectivity index (χ1) is 8.24. The topological polar surface area (TPSA) is 41.1 Å². The maximum absolute atomic E-state index is 4.54. The summed E-state index contributed by atoms with van der Waals surface area (Å²) in [5, 5.41) is 3.47. The monoisotopic (exact) mass is 232 g/mol. The fourth-order valence-corrected chi connectivity index (χ4v) is 2.41. The molecule has 17 heavy (non-hydrogen) atoms. The molecule has 4 nitrogen and oxygen atoms in total. The minimum absolute atomic E-state index is 0.470. The molecule has 1 saturated carbocycles. The van der Waals surface area contributed by atoms with E-state index < -0.39 is 0 Å². The molecule has 0 aromatic carbocycles. The molecule has 1 aliphatic heterocycles. The van der Waals surface area contributed by atoms with Crippen LogP contribution in [0.3, 0.4) is 0 Å². The number of hydrogen-bond donors (Lipinski definition) is 1. The van der Waals surface area contributed by atoms with Crippen LogP contribution in [0.2, 0.25) is 0 Å². The first kappa shape index (κ1) is 11.0. The van der Waals surface area contributed by atoms with Crippen LogP contribution in [0.1, 0.15) is 38.2 Å². The Labute approximate surface area is 102 Å². The van der Waals surface area contributed by atoms with E-state index in [1.165, 1.54) is 18.4 Å². The average molecular weight is 232 g/mol. The molecule has 2 atom stereocenters. The van der Waals surface area contributed by atoms with Crippen LogP contribution < -0.4 is 10.2 Å². The molecule has 2 heterocycles. The highest BCUT2D eigenvalue weighted by molar-refractivity contribution is 5.34. The molecule has 0 unspecified atom stereocenters. The Morgan fingerprint density at radius 1 is 1.24 bits per heavy atom. The summed E-state index contributed by atoms with van der Waals surface area (Å²) in [6.07, 6.45) is 6.65. The van der Waals surface area contributed by atoms with E-state index in [1.807, 2.05) is 12.4 Å². The van der Waals surface area contributed by atoms with Gasteiger partial charge in [0.25, 0.3) is 0 Å². The second-order valence-corrected chi connectivity index (χ2v) is 5.40. The van der Waals surface area contributed by atoms with Crippen LogP contribution in [-0.2, 0) is 0 Å². The largest absolute Gasteiger partial charge is 0.335 e. The lowest BCUT2D eigenvalue weighted by Gasteiger charge is -2.37. The highest BCUT2D eigenvalue weighted by atomic mass is 15.3. The van der Waals surface area contributed by atoms with E-state index in [0.717, 1.165) is 25.0 Å². The van der Waals surface area contributed by atoms with E-state index >= 15 is 0 Å². The smallest absolute Gasteiger partial charge is 0.225 e. The Hall–Kier alpha value is -1.16. The minimum atomic E-state index is 0.470. The molecule has 1 saturated heterocycles. The van der Waals surface area contributed by atoms with E-state index in [9.17, 15) is 0 Å². The lowest BCUT2D eigenvalue weighted by Crippen LogP contribution is -2.55. The van der Waals surface area contributed by atoms with E-state index in [0.29, 0.717) is 12.1 Å². The Balaban J connectivity index is 1.77. The van der Waals surface area contributed by atoms with Gasteiger partial charge in [0, 0.05) is 37.6 Å². The van der Waals surface area contributed by atoms with Crippen molar-refractivity contribution in [1.82, 2.24) is 15.3 Å². The van der Waals surface area contributed by atoms with Gasteiger partial charge in [-0.2, -0.15) is 0 Å². The van der Waals surface area contributed by atoms with Gasteiger partial charge in [-0.1, -0.05) is 0 Å². The fraction of sp³-hybridized carbons (Fsp3) is 0.692. The van der Waals surface area contributed by atoms with Crippen LogP contribution in [0, 0.1) is 0 Å². The molecule has 4 heteroatoms. The molecule has 1 aliphatic carbocycles. The van der Waals surface area contributed by atoms with E-state index in [4.69, 9.17) is 0 Å². The highest BCUT2D eigenvalue weighted by Crippen LogP contribution is 2.39. The van der Waals surface area contributed by atoms with E-state index in [-0.39, 0.29) is 0 Å². The van der Waals surface area contributed by atoms with E-state index in [2.05, 4.69) is 34.0 Å². The van der Waals surface area contributed by atoms with Gasteiger partial charge in [0.15, 0.2) is 0 Å². The van der Waals surface area contributed by atoms with Crippen molar-refractivity contribution in [1.29, 1.82) is 0 Å². The fourth-order valence-electron chi connectivity index (χ4n) is 2.41. The molecular weight excluding hydrogens is 212 g/mol. The molecule has 3 rings (SSSR count). The summed E-state index contributed by atoms with van der Waals surface area (Å²) in [7, 11) is 0. The molecule has 0 radical (unpaired) electrons. The zero-order chi connectivity index (χ0) is 11.8. The predicted molar refractivity (Wildman–Crippen MR) is 68.3 cm³/mol. The summed E-state index contributed by atoms with van der Waals surface area (Å²) in [6.45, 7) is 6.42. The van der Waals surface area contributed by atoms with Crippen molar-refractivity contribution in [3.63, 3.8) is 0 Å². The van der Waals surface area contributed by atoms with Gasteiger partial charge in [0.1, 0.15) is 0 Å². The highest BCUT2D eigenvalue weighted by Gasteiger charge is 2.26. The van der Waals surface area contributed by atoms with Gasteiger partial charge >= 0.3 is 0 Å². The Morgan fingerprint density at radius 2 is 1.94 bits per heavy atom. The third-order valence-electron chi connectivity index (χ3n) is 3.73. The number of hydrogen-bond acceptors (Lipinski definition) is 4. The molecule has 1 N–H and O–H groups in total. The predicted octanol–water partition coefficient (Wildman–Crippen LogP) is 1.54. The first-order valence-corrected chi connectivity index (χ1v) is 6.56. The molecule has 0 amide bonds. The lowest BCUT2D eigenvalue weighted by atomic mass is 10.1. The summed E-state index contributed by atoms with van der Waals surface area (Å²) in [4.78, 5) is 11.4. The van der Waals surface area contributed by atoms with Gasteiger partial charge in [0.05, 0.1) is 0 Å². The normalized spacial score (nSPS) is 29.4. The van der Waals surface area contributed by atoms with Crippen LogP contribution in [-0.4, -0.2) is 35.1 Å². The molecule has 92 valence electrons. The number of nitrogens with zero attached hydrogens (tertiary/aromatic N) is 3. The zero-order valence-corrected chi connectivity index (χ0v) is 10.6. The van der Waals surface area contributed by atoms with Crippen molar-refractivity contribution >= 4 is 5.95 Å². The number of anilines is 1. The van der Waals surface area contributed by atoms with Crippen molar-refractivity contribution in [2.24, 2.45) is 0 Å². The molecular formula is C13H20N4. The maximum atomic E-state index is 4.54. The SMILES string of the molecule is C[C@@H]1CN(c2ncc(C3CC3)cn2)[C@@H](C)CN1. The number of piperazine rings is 1. The quantitative estimate of drug-likeness (QED) is 0.840. The number of aromatic nitrogens is 2. The van der Waals surface area contributed by atoms with Gasteiger partial charge in [-0.15, -0.1) is 0 Å². The number of nitrogens with one attached hydrogen (secondary N) is 1. The lowest BCUT2D eigenvalue weighted by molar-refractivity contribution is 0.419. The Kier molecular flexibility index (Phi) is 2.74. The third-order valence-corrected chi connectivity index (χ3v) is 3.73. The van der Waals surface area contributed by atoms with Crippen molar-refractivity contribution in [2.45, 2.75) is 44.7 Å². The summed E-state index contributed by atoms with van der Waals surface area (Å²) in [5.74, 6) is 1.62. The first-order valence-electron chi connectivity index (χ1n) is 6.56. The van der Waals surface area contributed by atoms with Crippen LogP contribution in [0.4, 0.5) is 5.95 Å². The second kappa shape index (κ2) is 4.26. The van der Waals surface area contributed by atoms with Crippen molar-refractivity contribution in [3.8, 4) is 0 Å². The van der Waals surface area contributed by atoms with E-state index in [1.54, 1.807) is 0 Å². The van der Waals surface area contributed by atoms with Crippen LogP contribution in [0.25, 0.3) is 0 Å². The summed E-state index contributed by atoms with van der Waals surface area (Å²) >= 11 is 0. The van der Waals surface area contributed by atoms with Crippen molar-refractivity contribution in [2.75, 3.05) is 18.0 Å². The van der Waals surface area contributed by atoms with Crippen molar-refractivity contribution < 1.29 is 0 Å². The van der Waals surface area contributed by atoms with Crippen molar-refractivity contribution in [3.05, 3.63) is 18.0 Å².